The van der Waals surface area contributed by atoms with E-state index in [9.17, 15) is 19.2 Å². The van der Waals surface area contributed by atoms with Gasteiger partial charge in [-0.15, -0.1) is 0 Å². The minimum Gasteiger partial charge on any atom is -0.482 e. The Morgan fingerprint density at radius 2 is 1.68 bits per heavy atom. The van der Waals surface area contributed by atoms with Crippen molar-refractivity contribution in [1.82, 2.24) is 4.90 Å². The molecule has 1 aliphatic rings. The number of nitrogens with one attached hydrogen (secondary N) is 1. The van der Waals surface area contributed by atoms with Crippen LogP contribution in [-0.2, 0) is 14.3 Å². The molecular formula is C20H18N2O6. The number of benzene rings is 2. The van der Waals surface area contributed by atoms with E-state index in [1.54, 1.807) is 49.4 Å². The number of methoxy groups -OCH3 is 1. The Kier molecular flexibility index (Phi) is 5.39. The zero-order valence-corrected chi connectivity index (χ0v) is 15.4. The summed E-state index contributed by atoms with van der Waals surface area (Å²) in [6.45, 7) is 1.15. The van der Waals surface area contributed by atoms with Crippen LogP contribution in [-0.4, -0.2) is 48.9 Å². The van der Waals surface area contributed by atoms with Crippen LogP contribution in [0.2, 0.25) is 0 Å². The molecule has 0 spiro atoms. The van der Waals surface area contributed by atoms with Crippen LogP contribution in [0.5, 0.6) is 5.75 Å². The first-order chi connectivity index (χ1) is 13.4. The van der Waals surface area contributed by atoms with Gasteiger partial charge in [-0.3, -0.25) is 19.3 Å². The van der Waals surface area contributed by atoms with Crippen LogP contribution in [0.1, 0.15) is 26.3 Å². The maximum atomic E-state index is 12.4. The zero-order valence-electron chi connectivity index (χ0n) is 15.4. The van der Waals surface area contributed by atoms with Crippen molar-refractivity contribution in [3.05, 3.63) is 59.2 Å². The number of hydrogen-bond donors (Lipinski definition) is 1. The first-order valence-corrected chi connectivity index (χ1v) is 8.46. The number of imide groups is 1. The molecule has 3 amide bonds. The second kappa shape index (κ2) is 7.91. The summed E-state index contributed by atoms with van der Waals surface area (Å²) in [4.78, 5) is 49.0. The maximum absolute atomic E-state index is 12.4. The van der Waals surface area contributed by atoms with E-state index < -0.39 is 23.7 Å². The molecule has 0 unspecified atom stereocenters. The van der Waals surface area contributed by atoms with Gasteiger partial charge in [-0.25, -0.2) is 4.79 Å². The summed E-state index contributed by atoms with van der Waals surface area (Å²) in [7, 11) is 1.27. The highest BCUT2D eigenvalue weighted by Crippen LogP contribution is 2.24. The minimum atomic E-state index is -0.504. The predicted molar refractivity (Wildman–Crippen MR) is 99.1 cm³/mol. The summed E-state index contributed by atoms with van der Waals surface area (Å²) in [6.07, 6.45) is 0. The SMILES string of the molecule is COC(=O)COc1ccc(NC(=O)CN2C(=O)c3ccccc3C2=O)c(C)c1. The third-order valence-corrected chi connectivity index (χ3v) is 4.24. The average Bonchev–Trinajstić information content (AvgIpc) is 2.93. The van der Waals surface area contributed by atoms with Gasteiger partial charge >= 0.3 is 5.97 Å². The quantitative estimate of drug-likeness (QED) is 0.604. The Morgan fingerprint density at radius 3 is 2.25 bits per heavy atom. The van der Waals surface area contributed by atoms with Crippen LogP contribution in [0.25, 0.3) is 0 Å². The lowest BCUT2D eigenvalue weighted by molar-refractivity contribution is -0.142. The molecule has 28 heavy (non-hydrogen) atoms. The van der Waals surface area contributed by atoms with Gasteiger partial charge < -0.3 is 14.8 Å². The molecule has 0 saturated carbocycles. The van der Waals surface area contributed by atoms with Crippen molar-refractivity contribution in [2.45, 2.75) is 6.92 Å². The molecule has 0 saturated heterocycles. The molecule has 8 heteroatoms. The van der Waals surface area contributed by atoms with Crippen LogP contribution in [0.3, 0.4) is 0 Å². The fourth-order valence-electron chi connectivity index (χ4n) is 2.78. The van der Waals surface area contributed by atoms with Crippen LogP contribution >= 0.6 is 0 Å². The lowest BCUT2D eigenvalue weighted by atomic mass is 10.1. The largest absolute Gasteiger partial charge is 0.482 e. The Balaban J connectivity index is 1.63. The lowest BCUT2D eigenvalue weighted by Crippen LogP contribution is -2.37. The molecule has 0 bridgehead atoms. The number of hydrogen-bond acceptors (Lipinski definition) is 6. The summed E-state index contributed by atoms with van der Waals surface area (Å²) in [5, 5.41) is 2.68. The zero-order chi connectivity index (χ0) is 20.3. The molecule has 0 fully saturated rings. The summed E-state index contributed by atoms with van der Waals surface area (Å²) in [5.74, 6) is -1.53. The van der Waals surface area contributed by atoms with Crippen LogP contribution in [0.15, 0.2) is 42.5 Å². The van der Waals surface area contributed by atoms with E-state index in [2.05, 4.69) is 10.1 Å². The Labute approximate surface area is 161 Å². The molecule has 8 nitrogen and oxygen atoms in total. The number of nitrogens with zero attached hydrogens (tertiary/aromatic N) is 1. The number of anilines is 1. The fraction of sp³-hybridized carbons (Fsp3) is 0.200. The normalized spacial score (nSPS) is 12.6. The molecule has 0 aromatic heterocycles. The summed E-state index contributed by atoms with van der Waals surface area (Å²) in [6, 6.07) is 11.3. The van der Waals surface area contributed by atoms with Crippen molar-refractivity contribution in [3.63, 3.8) is 0 Å². The average molecular weight is 382 g/mol. The first-order valence-electron chi connectivity index (χ1n) is 8.46. The fourth-order valence-corrected chi connectivity index (χ4v) is 2.78. The van der Waals surface area contributed by atoms with Crippen LogP contribution in [0, 0.1) is 6.92 Å². The molecule has 0 atom stereocenters. The number of amides is 3. The van der Waals surface area contributed by atoms with E-state index in [1.807, 2.05) is 0 Å². The van der Waals surface area contributed by atoms with Gasteiger partial charge in [0.05, 0.1) is 18.2 Å². The van der Waals surface area contributed by atoms with Gasteiger partial charge in [-0.2, -0.15) is 0 Å². The molecule has 2 aromatic carbocycles. The molecule has 1 heterocycles. The Hall–Kier alpha value is -3.68. The van der Waals surface area contributed by atoms with Gasteiger partial charge in [0.25, 0.3) is 11.8 Å². The van der Waals surface area contributed by atoms with Crippen LogP contribution in [0.4, 0.5) is 5.69 Å². The highest BCUT2D eigenvalue weighted by atomic mass is 16.6. The molecule has 1 N–H and O–H groups in total. The van der Waals surface area contributed by atoms with E-state index in [-0.39, 0.29) is 13.2 Å². The maximum Gasteiger partial charge on any atom is 0.343 e. The van der Waals surface area contributed by atoms with Gasteiger partial charge in [0.1, 0.15) is 12.3 Å². The summed E-state index contributed by atoms with van der Waals surface area (Å²) in [5.41, 5.74) is 1.79. The second-order valence-electron chi connectivity index (χ2n) is 6.13. The van der Waals surface area contributed by atoms with Gasteiger partial charge in [0, 0.05) is 5.69 Å². The summed E-state index contributed by atoms with van der Waals surface area (Å²) < 4.78 is 9.79. The van der Waals surface area contributed by atoms with Crippen LogP contribution < -0.4 is 10.1 Å². The molecular weight excluding hydrogens is 364 g/mol. The van der Waals surface area contributed by atoms with Crippen molar-refractivity contribution in [1.29, 1.82) is 0 Å². The molecule has 3 rings (SSSR count). The van der Waals surface area contributed by atoms with Crippen molar-refractivity contribution >= 4 is 29.4 Å². The molecule has 144 valence electrons. The minimum absolute atomic E-state index is 0.221. The van der Waals surface area contributed by atoms with E-state index in [0.717, 1.165) is 4.90 Å². The molecule has 0 radical (unpaired) electrons. The van der Waals surface area contributed by atoms with Crippen molar-refractivity contribution in [3.8, 4) is 5.75 Å². The Bertz CT molecular complexity index is 934. The lowest BCUT2D eigenvalue weighted by Gasteiger charge is -2.15. The number of aryl methyl sites for hydroxylation is 1. The predicted octanol–water partition coefficient (Wildman–Crippen LogP) is 1.78. The molecule has 0 aliphatic carbocycles. The van der Waals surface area contributed by atoms with Gasteiger partial charge in [-0.05, 0) is 42.8 Å². The number of fused-ring (bicyclic) bond motifs is 1. The number of ether oxygens (including phenoxy) is 2. The first kappa shape index (κ1) is 19.1. The third-order valence-electron chi connectivity index (χ3n) is 4.24. The van der Waals surface area contributed by atoms with Gasteiger partial charge in [-0.1, -0.05) is 12.1 Å². The van der Waals surface area contributed by atoms with E-state index in [0.29, 0.717) is 28.1 Å². The third kappa shape index (κ3) is 3.85. The standard InChI is InChI=1S/C20H18N2O6/c1-12-9-13(28-11-18(24)27-2)7-8-16(12)21-17(23)10-22-19(25)14-5-3-4-6-15(14)20(22)26/h3-9H,10-11H2,1-2H3,(H,21,23). The second-order valence-corrected chi connectivity index (χ2v) is 6.13. The molecule has 2 aromatic rings. The van der Waals surface area contributed by atoms with E-state index in [4.69, 9.17) is 4.74 Å². The summed E-state index contributed by atoms with van der Waals surface area (Å²) >= 11 is 0. The van der Waals surface area contributed by atoms with Gasteiger partial charge in [0.2, 0.25) is 5.91 Å². The van der Waals surface area contributed by atoms with E-state index >= 15 is 0 Å². The smallest absolute Gasteiger partial charge is 0.343 e. The van der Waals surface area contributed by atoms with E-state index in [1.165, 1.54) is 7.11 Å². The van der Waals surface area contributed by atoms with Gasteiger partial charge in [0.15, 0.2) is 6.61 Å². The van der Waals surface area contributed by atoms with Crippen molar-refractivity contribution in [2.24, 2.45) is 0 Å². The topological polar surface area (TPSA) is 102 Å². The number of rotatable bonds is 6. The number of esters is 1. The number of carbonyl (C=O) groups is 4. The highest BCUT2D eigenvalue weighted by molar-refractivity contribution is 6.22. The number of carbonyl (C=O) groups excluding carboxylic acids is 4. The molecule has 1 aliphatic heterocycles. The van der Waals surface area contributed by atoms with Crippen molar-refractivity contribution < 1.29 is 28.7 Å². The highest BCUT2D eigenvalue weighted by Gasteiger charge is 2.36. The Morgan fingerprint density at radius 1 is 1.04 bits per heavy atom. The van der Waals surface area contributed by atoms with Crippen molar-refractivity contribution in [2.75, 3.05) is 25.6 Å². The monoisotopic (exact) mass is 382 g/mol.